The van der Waals surface area contributed by atoms with Gasteiger partial charge < -0.3 is 5.73 Å². The average molecular weight is 308 g/mol. The predicted molar refractivity (Wildman–Crippen MR) is 75.6 cm³/mol. The Hall–Kier alpha value is -0.930. The van der Waals surface area contributed by atoms with Crippen molar-refractivity contribution in [3.05, 3.63) is 6.20 Å². The van der Waals surface area contributed by atoms with Crippen LogP contribution < -0.4 is 10.5 Å². The Bertz CT molecular complexity index is 553. The molecule has 0 aliphatic carbocycles. The molecule has 0 bridgehead atoms. The van der Waals surface area contributed by atoms with Crippen LogP contribution in [0.2, 0.25) is 0 Å². The Morgan fingerprint density at radius 1 is 1.58 bits per heavy atom. The van der Waals surface area contributed by atoms with Crippen LogP contribution in [-0.4, -0.2) is 40.5 Å². The van der Waals surface area contributed by atoms with E-state index in [9.17, 15) is 12.6 Å². The van der Waals surface area contributed by atoms with Gasteiger partial charge in [0.2, 0.25) is 10.0 Å². The van der Waals surface area contributed by atoms with Gasteiger partial charge >= 0.3 is 0 Å². The maximum atomic E-state index is 12.1. The van der Waals surface area contributed by atoms with E-state index >= 15 is 0 Å². The SMILES string of the molecule is CCn1cc(S(=O)(=O)NC(C)CCS(C)=O)c(N)n1. The third-order valence-electron chi connectivity index (χ3n) is 2.56. The van der Waals surface area contributed by atoms with E-state index in [4.69, 9.17) is 5.73 Å². The third-order valence-corrected chi connectivity index (χ3v) is 4.98. The van der Waals surface area contributed by atoms with E-state index in [1.807, 2.05) is 6.92 Å². The van der Waals surface area contributed by atoms with Gasteiger partial charge in [-0.25, -0.2) is 13.1 Å². The molecule has 0 aromatic carbocycles. The number of nitrogens with two attached hydrogens (primary N) is 1. The van der Waals surface area contributed by atoms with Crippen LogP contribution in [0.25, 0.3) is 0 Å². The van der Waals surface area contributed by atoms with Crippen molar-refractivity contribution in [2.45, 2.75) is 37.8 Å². The summed E-state index contributed by atoms with van der Waals surface area (Å²) in [6, 6.07) is -0.307. The highest BCUT2D eigenvalue weighted by atomic mass is 32.2. The second-order valence-electron chi connectivity index (χ2n) is 4.32. The molecule has 3 N–H and O–H groups in total. The molecule has 19 heavy (non-hydrogen) atoms. The Labute approximate surface area is 116 Å². The zero-order valence-corrected chi connectivity index (χ0v) is 12.9. The fourth-order valence-corrected chi connectivity index (χ4v) is 3.55. The highest BCUT2D eigenvalue weighted by molar-refractivity contribution is 7.89. The molecule has 0 amide bonds. The molecule has 1 aromatic rings. The summed E-state index contributed by atoms with van der Waals surface area (Å²) in [6.07, 6.45) is 3.50. The second-order valence-corrected chi connectivity index (χ2v) is 7.56. The minimum absolute atomic E-state index is 0.0133. The first kappa shape index (κ1) is 16.1. The van der Waals surface area contributed by atoms with Crippen molar-refractivity contribution in [1.82, 2.24) is 14.5 Å². The Kier molecular flexibility index (Phi) is 5.50. The molecule has 0 fully saturated rings. The molecule has 0 saturated heterocycles. The summed E-state index contributed by atoms with van der Waals surface area (Å²) < 4.78 is 39.2. The molecule has 0 saturated carbocycles. The molecular formula is C10H20N4O3S2. The quantitative estimate of drug-likeness (QED) is 0.732. The van der Waals surface area contributed by atoms with Crippen LogP contribution in [0.5, 0.6) is 0 Å². The molecule has 2 atom stereocenters. The molecule has 0 aliphatic heterocycles. The molecule has 1 aromatic heterocycles. The van der Waals surface area contributed by atoms with Crippen LogP contribution in [0.15, 0.2) is 11.1 Å². The van der Waals surface area contributed by atoms with E-state index in [2.05, 4.69) is 9.82 Å². The fourth-order valence-electron chi connectivity index (χ4n) is 1.52. The number of rotatable bonds is 7. The molecule has 0 radical (unpaired) electrons. The molecule has 2 unspecified atom stereocenters. The first-order chi connectivity index (χ1) is 8.76. The summed E-state index contributed by atoms with van der Waals surface area (Å²) >= 11 is 0. The maximum Gasteiger partial charge on any atom is 0.246 e. The lowest BCUT2D eigenvalue weighted by molar-refractivity contribution is 0.555. The minimum Gasteiger partial charge on any atom is -0.381 e. The first-order valence-electron chi connectivity index (χ1n) is 5.91. The molecule has 9 heteroatoms. The number of nitrogen functional groups attached to an aromatic ring is 1. The lowest BCUT2D eigenvalue weighted by Gasteiger charge is -2.12. The van der Waals surface area contributed by atoms with Crippen molar-refractivity contribution < 1.29 is 12.6 Å². The van der Waals surface area contributed by atoms with Crippen molar-refractivity contribution in [2.24, 2.45) is 0 Å². The smallest absolute Gasteiger partial charge is 0.246 e. The van der Waals surface area contributed by atoms with Crippen molar-refractivity contribution >= 4 is 26.6 Å². The number of hydrogen-bond donors (Lipinski definition) is 2. The van der Waals surface area contributed by atoms with Crippen molar-refractivity contribution in [3.8, 4) is 0 Å². The van der Waals surface area contributed by atoms with Gasteiger partial charge in [-0.3, -0.25) is 8.89 Å². The van der Waals surface area contributed by atoms with Crippen LogP contribution in [-0.2, 0) is 27.4 Å². The summed E-state index contributed by atoms with van der Waals surface area (Å²) in [5, 5.41) is 3.90. The van der Waals surface area contributed by atoms with E-state index in [1.54, 1.807) is 13.2 Å². The standard InChI is InChI=1S/C10H20N4O3S2/c1-4-14-7-9(10(11)12-14)19(16,17)13-8(2)5-6-18(3)15/h7-8,13H,4-6H2,1-3H3,(H2,11,12). The van der Waals surface area contributed by atoms with Gasteiger partial charge in [-0.1, -0.05) is 0 Å². The van der Waals surface area contributed by atoms with Crippen LogP contribution in [0, 0.1) is 0 Å². The fraction of sp³-hybridized carbons (Fsp3) is 0.700. The predicted octanol–water partition coefficient (Wildman–Crippen LogP) is -0.0794. The highest BCUT2D eigenvalue weighted by Crippen LogP contribution is 2.16. The lowest BCUT2D eigenvalue weighted by Crippen LogP contribution is -2.33. The topological polar surface area (TPSA) is 107 Å². The summed E-state index contributed by atoms with van der Waals surface area (Å²) in [6.45, 7) is 4.12. The zero-order chi connectivity index (χ0) is 14.6. The van der Waals surface area contributed by atoms with Crippen molar-refractivity contribution in [1.29, 1.82) is 0 Å². The maximum absolute atomic E-state index is 12.1. The van der Waals surface area contributed by atoms with E-state index < -0.39 is 20.8 Å². The van der Waals surface area contributed by atoms with Gasteiger partial charge in [-0.2, -0.15) is 5.10 Å². The van der Waals surface area contributed by atoms with Crippen LogP contribution in [0.3, 0.4) is 0 Å². The number of aryl methyl sites for hydroxylation is 1. The molecular weight excluding hydrogens is 288 g/mol. The highest BCUT2D eigenvalue weighted by Gasteiger charge is 2.22. The summed E-state index contributed by atoms with van der Waals surface area (Å²) in [5.74, 6) is 0.438. The minimum atomic E-state index is -3.68. The molecule has 1 heterocycles. The van der Waals surface area contributed by atoms with E-state index in [0.717, 1.165) is 0 Å². The van der Waals surface area contributed by atoms with Crippen molar-refractivity contribution in [3.63, 3.8) is 0 Å². The summed E-state index contributed by atoms with van der Waals surface area (Å²) in [4.78, 5) is -0.0150. The van der Waals surface area contributed by atoms with Gasteiger partial charge in [0, 0.05) is 41.6 Å². The third kappa shape index (κ3) is 4.59. The van der Waals surface area contributed by atoms with E-state index in [0.29, 0.717) is 18.7 Å². The molecule has 7 nitrogen and oxygen atoms in total. The number of hydrogen-bond acceptors (Lipinski definition) is 5. The molecule has 110 valence electrons. The number of sulfonamides is 1. The van der Waals surface area contributed by atoms with Gasteiger partial charge in [-0.05, 0) is 20.3 Å². The van der Waals surface area contributed by atoms with Gasteiger partial charge in [0.05, 0.1) is 0 Å². The van der Waals surface area contributed by atoms with E-state index in [-0.39, 0.29) is 16.8 Å². The average Bonchev–Trinajstić information content (AvgIpc) is 2.68. The molecule has 0 spiro atoms. The zero-order valence-electron chi connectivity index (χ0n) is 11.3. The van der Waals surface area contributed by atoms with Gasteiger partial charge in [0.15, 0.2) is 5.82 Å². The molecule has 0 aliphatic rings. The van der Waals surface area contributed by atoms with Crippen LogP contribution in [0.4, 0.5) is 5.82 Å². The number of nitrogens with zero attached hydrogens (tertiary/aromatic N) is 2. The van der Waals surface area contributed by atoms with Gasteiger partial charge in [0.25, 0.3) is 0 Å². The Morgan fingerprint density at radius 3 is 2.68 bits per heavy atom. The first-order valence-corrected chi connectivity index (χ1v) is 9.12. The largest absolute Gasteiger partial charge is 0.381 e. The molecule has 1 rings (SSSR count). The summed E-state index contributed by atoms with van der Waals surface area (Å²) in [5.41, 5.74) is 5.60. The van der Waals surface area contributed by atoms with Crippen LogP contribution >= 0.6 is 0 Å². The van der Waals surface area contributed by atoms with E-state index in [1.165, 1.54) is 10.9 Å². The number of aromatic nitrogens is 2. The number of nitrogens with one attached hydrogen (secondary N) is 1. The normalized spacial score (nSPS) is 15.3. The Morgan fingerprint density at radius 2 is 2.21 bits per heavy atom. The monoisotopic (exact) mass is 308 g/mol. The van der Waals surface area contributed by atoms with Crippen LogP contribution in [0.1, 0.15) is 20.3 Å². The second kappa shape index (κ2) is 6.49. The Balaban J connectivity index is 2.80. The summed E-state index contributed by atoms with van der Waals surface area (Å²) in [7, 11) is -4.62. The van der Waals surface area contributed by atoms with Gasteiger partial charge in [-0.15, -0.1) is 0 Å². The van der Waals surface area contributed by atoms with Gasteiger partial charge in [0.1, 0.15) is 4.90 Å². The van der Waals surface area contributed by atoms with Crippen molar-refractivity contribution in [2.75, 3.05) is 17.7 Å². The lowest BCUT2D eigenvalue weighted by atomic mass is 10.3. The number of anilines is 1.